The van der Waals surface area contributed by atoms with Crippen molar-refractivity contribution < 1.29 is 4.39 Å². The summed E-state index contributed by atoms with van der Waals surface area (Å²) in [6, 6.07) is 5.05. The second-order valence-electron chi connectivity index (χ2n) is 8.97. The standard InChI is InChI=1S/C22H37ClFN5.HI/c1-16(2)20(29-11-9-28(6)10-12-29)14-26-21(25-5)27-15-22(3,4)18-8-7-17(24)13-19(18)23;/h7-8,13,16,20H,9-12,14-15H2,1-6H3,(H2,25,26,27);1H. The van der Waals surface area contributed by atoms with Gasteiger partial charge in [0.05, 0.1) is 0 Å². The minimum absolute atomic E-state index is 0. The van der Waals surface area contributed by atoms with Crippen LogP contribution in [-0.2, 0) is 5.41 Å². The number of hydrogen-bond donors (Lipinski definition) is 2. The first kappa shape index (κ1) is 27.4. The van der Waals surface area contributed by atoms with Crippen LogP contribution in [0.15, 0.2) is 23.2 Å². The predicted octanol–water partition coefficient (Wildman–Crippen LogP) is 3.81. The van der Waals surface area contributed by atoms with Crippen molar-refractivity contribution in [3.05, 3.63) is 34.6 Å². The Bertz CT molecular complexity index is 690. The van der Waals surface area contributed by atoms with Crippen molar-refractivity contribution in [3.8, 4) is 0 Å². The Balaban J connectivity index is 0.00000450. The summed E-state index contributed by atoms with van der Waals surface area (Å²) in [5, 5.41) is 7.37. The van der Waals surface area contributed by atoms with E-state index in [4.69, 9.17) is 11.6 Å². The first-order valence-corrected chi connectivity index (χ1v) is 10.8. The quantitative estimate of drug-likeness (QED) is 0.306. The van der Waals surface area contributed by atoms with Crippen molar-refractivity contribution in [1.82, 2.24) is 20.4 Å². The molecule has 5 nitrogen and oxygen atoms in total. The zero-order valence-corrected chi connectivity index (χ0v) is 22.2. The van der Waals surface area contributed by atoms with Gasteiger partial charge in [0, 0.05) is 62.8 Å². The minimum atomic E-state index is -0.316. The first-order valence-electron chi connectivity index (χ1n) is 10.5. The van der Waals surface area contributed by atoms with Crippen molar-refractivity contribution >= 4 is 41.5 Å². The summed E-state index contributed by atoms with van der Waals surface area (Å²) < 4.78 is 13.4. The van der Waals surface area contributed by atoms with Crippen LogP contribution in [0.1, 0.15) is 33.3 Å². The van der Waals surface area contributed by atoms with Gasteiger partial charge in [-0.15, -0.1) is 24.0 Å². The third kappa shape index (κ3) is 7.80. The topological polar surface area (TPSA) is 42.9 Å². The normalized spacial score (nSPS) is 17.6. The second-order valence-corrected chi connectivity index (χ2v) is 9.37. The van der Waals surface area contributed by atoms with Crippen LogP contribution in [0.4, 0.5) is 4.39 Å². The van der Waals surface area contributed by atoms with Gasteiger partial charge in [0.15, 0.2) is 5.96 Å². The lowest BCUT2D eigenvalue weighted by Gasteiger charge is -2.40. The highest BCUT2D eigenvalue weighted by Crippen LogP contribution is 2.29. The van der Waals surface area contributed by atoms with Crippen LogP contribution in [0.5, 0.6) is 0 Å². The summed E-state index contributed by atoms with van der Waals surface area (Å²) in [7, 11) is 3.97. The van der Waals surface area contributed by atoms with E-state index in [9.17, 15) is 4.39 Å². The lowest BCUT2D eigenvalue weighted by molar-refractivity contribution is 0.0900. The van der Waals surface area contributed by atoms with Gasteiger partial charge in [-0.3, -0.25) is 9.89 Å². The SMILES string of the molecule is CN=C(NCC(C(C)C)N1CCN(C)CC1)NCC(C)(C)c1ccc(F)cc1Cl.I. The third-order valence-corrected chi connectivity index (χ3v) is 6.15. The van der Waals surface area contributed by atoms with Crippen molar-refractivity contribution in [2.75, 3.05) is 53.4 Å². The fourth-order valence-corrected chi connectivity index (χ4v) is 4.22. The molecule has 1 fully saturated rings. The number of hydrogen-bond acceptors (Lipinski definition) is 3. The van der Waals surface area contributed by atoms with E-state index in [0.29, 0.717) is 23.5 Å². The Morgan fingerprint density at radius 2 is 1.83 bits per heavy atom. The molecule has 0 amide bonds. The average Bonchev–Trinajstić information content (AvgIpc) is 2.65. The van der Waals surface area contributed by atoms with E-state index in [1.54, 1.807) is 13.1 Å². The highest BCUT2D eigenvalue weighted by molar-refractivity contribution is 14.0. The molecular formula is C22H38ClFIN5. The van der Waals surface area contributed by atoms with Crippen LogP contribution in [0.2, 0.25) is 5.02 Å². The Kier molecular flexibility index (Phi) is 11.3. The van der Waals surface area contributed by atoms with Crippen molar-refractivity contribution in [2.45, 2.75) is 39.2 Å². The molecule has 1 atom stereocenters. The zero-order valence-electron chi connectivity index (χ0n) is 19.1. The van der Waals surface area contributed by atoms with Crippen LogP contribution in [0, 0.1) is 11.7 Å². The molecule has 0 bridgehead atoms. The fourth-order valence-electron chi connectivity index (χ4n) is 3.80. The number of benzene rings is 1. The maximum absolute atomic E-state index is 13.4. The van der Waals surface area contributed by atoms with E-state index < -0.39 is 0 Å². The Labute approximate surface area is 203 Å². The number of guanidine groups is 1. The molecule has 0 radical (unpaired) electrons. The van der Waals surface area contributed by atoms with Gasteiger partial charge in [-0.05, 0) is 30.7 Å². The van der Waals surface area contributed by atoms with Gasteiger partial charge in [-0.1, -0.05) is 45.4 Å². The first-order chi connectivity index (χ1) is 13.6. The highest BCUT2D eigenvalue weighted by Gasteiger charge is 2.26. The number of halogens is 3. The van der Waals surface area contributed by atoms with E-state index in [0.717, 1.165) is 44.2 Å². The van der Waals surface area contributed by atoms with Gasteiger partial charge in [-0.25, -0.2) is 4.39 Å². The molecule has 1 saturated heterocycles. The van der Waals surface area contributed by atoms with Crippen LogP contribution < -0.4 is 10.6 Å². The number of aliphatic imine (C=N–C) groups is 1. The summed E-state index contributed by atoms with van der Waals surface area (Å²) in [5.41, 5.74) is 0.651. The number of nitrogens with one attached hydrogen (secondary N) is 2. The predicted molar refractivity (Wildman–Crippen MR) is 137 cm³/mol. The third-order valence-electron chi connectivity index (χ3n) is 5.84. The second kappa shape index (κ2) is 12.4. The average molecular weight is 554 g/mol. The van der Waals surface area contributed by atoms with Gasteiger partial charge in [0.2, 0.25) is 0 Å². The molecule has 1 aromatic rings. The molecule has 0 aromatic heterocycles. The summed E-state index contributed by atoms with van der Waals surface area (Å²) in [6.07, 6.45) is 0. The molecule has 0 spiro atoms. The van der Waals surface area contributed by atoms with Crippen LogP contribution in [0.25, 0.3) is 0 Å². The number of likely N-dealkylation sites (N-methyl/N-ethyl adjacent to an activating group) is 1. The van der Waals surface area contributed by atoms with Gasteiger partial charge < -0.3 is 15.5 Å². The Morgan fingerprint density at radius 3 is 2.37 bits per heavy atom. The van der Waals surface area contributed by atoms with Crippen LogP contribution in [-0.4, -0.2) is 75.2 Å². The minimum Gasteiger partial charge on any atom is -0.356 e. The lowest BCUT2D eigenvalue weighted by Crippen LogP contribution is -2.55. The number of piperazine rings is 1. The van der Waals surface area contributed by atoms with E-state index >= 15 is 0 Å². The molecular weight excluding hydrogens is 516 g/mol. The zero-order chi connectivity index (χ0) is 21.6. The van der Waals surface area contributed by atoms with Crippen LogP contribution >= 0.6 is 35.6 Å². The van der Waals surface area contributed by atoms with Gasteiger partial charge in [0.25, 0.3) is 0 Å². The largest absolute Gasteiger partial charge is 0.356 e. The lowest BCUT2D eigenvalue weighted by atomic mass is 9.84. The maximum Gasteiger partial charge on any atom is 0.191 e. The molecule has 8 heteroatoms. The number of rotatable bonds is 7. The summed E-state index contributed by atoms with van der Waals surface area (Å²) >= 11 is 6.27. The molecule has 1 unspecified atom stereocenters. The Hall–Kier alpha value is -0.640. The summed E-state index contributed by atoms with van der Waals surface area (Å²) in [4.78, 5) is 9.34. The Morgan fingerprint density at radius 1 is 1.20 bits per heavy atom. The van der Waals surface area contributed by atoms with E-state index in [2.05, 4.69) is 60.2 Å². The van der Waals surface area contributed by atoms with Crippen molar-refractivity contribution in [2.24, 2.45) is 10.9 Å². The molecule has 2 N–H and O–H groups in total. The smallest absolute Gasteiger partial charge is 0.191 e. The molecule has 1 heterocycles. The monoisotopic (exact) mass is 553 g/mol. The molecule has 0 saturated carbocycles. The van der Waals surface area contributed by atoms with Crippen LogP contribution in [0.3, 0.4) is 0 Å². The van der Waals surface area contributed by atoms with Gasteiger partial charge in [0.1, 0.15) is 5.82 Å². The summed E-state index contributed by atoms with van der Waals surface area (Å²) in [6.45, 7) is 14.7. The molecule has 2 rings (SSSR count). The maximum atomic E-state index is 13.4. The van der Waals surface area contributed by atoms with Gasteiger partial charge >= 0.3 is 0 Å². The van der Waals surface area contributed by atoms with Crippen molar-refractivity contribution in [1.29, 1.82) is 0 Å². The van der Waals surface area contributed by atoms with Crippen molar-refractivity contribution in [3.63, 3.8) is 0 Å². The molecule has 1 aliphatic heterocycles. The summed E-state index contributed by atoms with van der Waals surface area (Å²) in [5.74, 6) is 1.01. The highest BCUT2D eigenvalue weighted by atomic mass is 127. The van der Waals surface area contributed by atoms with E-state index in [-0.39, 0.29) is 35.2 Å². The van der Waals surface area contributed by atoms with Gasteiger partial charge in [-0.2, -0.15) is 0 Å². The van der Waals surface area contributed by atoms with E-state index in [1.165, 1.54) is 12.1 Å². The molecule has 172 valence electrons. The molecule has 1 aliphatic rings. The fraction of sp³-hybridized carbons (Fsp3) is 0.682. The molecule has 1 aromatic carbocycles. The number of nitrogens with zero attached hydrogens (tertiary/aromatic N) is 3. The molecule has 30 heavy (non-hydrogen) atoms. The van der Waals surface area contributed by atoms with E-state index in [1.807, 2.05) is 0 Å². The molecule has 0 aliphatic carbocycles.